The number of piperidine rings is 1. The fraction of sp³-hybridized carbons (Fsp3) is 0.526. The van der Waals surface area contributed by atoms with Crippen molar-refractivity contribution >= 4 is 23.5 Å². The van der Waals surface area contributed by atoms with Crippen LogP contribution in [0.4, 0.5) is 5.69 Å². The molecule has 0 unspecified atom stereocenters. The molecule has 25 heavy (non-hydrogen) atoms. The first-order chi connectivity index (χ1) is 12.0. The summed E-state index contributed by atoms with van der Waals surface area (Å²) in [4.78, 5) is 38.0. The van der Waals surface area contributed by atoms with Crippen molar-refractivity contribution in [2.24, 2.45) is 5.92 Å². The second-order valence-electron chi connectivity index (χ2n) is 6.20. The Morgan fingerprint density at radius 2 is 1.92 bits per heavy atom. The first kappa shape index (κ1) is 19.0. The molecule has 1 aliphatic rings. The third kappa shape index (κ3) is 5.31. The third-order valence-corrected chi connectivity index (χ3v) is 4.32. The van der Waals surface area contributed by atoms with Gasteiger partial charge in [-0.1, -0.05) is 13.0 Å². The third-order valence-electron chi connectivity index (χ3n) is 4.32. The molecular formula is C19H26N2O4. The van der Waals surface area contributed by atoms with E-state index in [1.807, 2.05) is 11.8 Å². The van der Waals surface area contributed by atoms with Gasteiger partial charge in [0.2, 0.25) is 11.8 Å². The van der Waals surface area contributed by atoms with E-state index in [4.69, 9.17) is 4.74 Å². The van der Waals surface area contributed by atoms with Gasteiger partial charge in [0, 0.05) is 31.1 Å². The zero-order chi connectivity index (χ0) is 18.2. The van der Waals surface area contributed by atoms with Crippen molar-refractivity contribution in [3.05, 3.63) is 29.8 Å². The van der Waals surface area contributed by atoms with Crippen molar-refractivity contribution in [2.75, 3.05) is 25.0 Å². The summed E-state index contributed by atoms with van der Waals surface area (Å²) in [5.41, 5.74) is 1.000. The molecule has 0 aromatic heterocycles. The topological polar surface area (TPSA) is 75.7 Å². The van der Waals surface area contributed by atoms with Crippen LogP contribution in [0.1, 0.15) is 49.9 Å². The zero-order valence-corrected chi connectivity index (χ0v) is 14.9. The number of carbonyl (C=O) groups is 3. The Morgan fingerprint density at radius 1 is 1.20 bits per heavy atom. The van der Waals surface area contributed by atoms with Crippen molar-refractivity contribution in [1.82, 2.24) is 4.90 Å². The molecule has 1 aliphatic heterocycles. The van der Waals surface area contributed by atoms with Crippen molar-refractivity contribution in [2.45, 2.75) is 39.5 Å². The molecule has 1 saturated heterocycles. The summed E-state index contributed by atoms with van der Waals surface area (Å²) in [6, 6.07) is 6.75. The van der Waals surface area contributed by atoms with Crippen LogP contribution < -0.4 is 5.32 Å². The SMILES string of the molecule is CCCC(=O)N1CCC(C(=O)Nc2cccc(C(=O)OCC)c2)CC1. The minimum absolute atomic E-state index is 0.0661. The quantitative estimate of drug-likeness (QED) is 0.804. The molecule has 2 amide bonds. The highest BCUT2D eigenvalue weighted by Gasteiger charge is 2.27. The largest absolute Gasteiger partial charge is 0.462 e. The number of nitrogens with one attached hydrogen (secondary N) is 1. The number of likely N-dealkylation sites (tertiary alicyclic amines) is 1. The molecule has 0 aliphatic carbocycles. The molecule has 6 heteroatoms. The summed E-state index contributed by atoms with van der Waals surface area (Å²) in [6.07, 6.45) is 2.74. The van der Waals surface area contributed by atoms with Gasteiger partial charge in [0.25, 0.3) is 0 Å². The Kier molecular flexibility index (Phi) is 6.98. The van der Waals surface area contributed by atoms with E-state index in [-0.39, 0.29) is 17.7 Å². The van der Waals surface area contributed by atoms with Crippen molar-refractivity contribution < 1.29 is 19.1 Å². The van der Waals surface area contributed by atoms with Crippen LogP contribution in [0.3, 0.4) is 0 Å². The summed E-state index contributed by atoms with van der Waals surface area (Å²) < 4.78 is 4.97. The number of hydrogen-bond donors (Lipinski definition) is 1. The van der Waals surface area contributed by atoms with Crippen LogP contribution in [0.25, 0.3) is 0 Å². The lowest BCUT2D eigenvalue weighted by molar-refractivity contribution is -0.134. The summed E-state index contributed by atoms with van der Waals surface area (Å²) in [7, 11) is 0. The Labute approximate surface area is 148 Å². The number of anilines is 1. The number of carbonyl (C=O) groups excluding carboxylic acids is 3. The number of rotatable bonds is 6. The number of ether oxygens (including phenoxy) is 1. The fourth-order valence-electron chi connectivity index (χ4n) is 2.95. The summed E-state index contributed by atoms with van der Waals surface area (Å²) >= 11 is 0. The maximum Gasteiger partial charge on any atom is 0.338 e. The molecule has 0 spiro atoms. The Bertz CT molecular complexity index is 622. The van der Waals surface area contributed by atoms with Crippen LogP contribution in [0.5, 0.6) is 0 Å². The summed E-state index contributed by atoms with van der Waals surface area (Å²) in [5, 5.41) is 2.87. The summed E-state index contributed by atoms with van der Waals surface area (Å²) in [5.74, 6) is -0.412. The van der Waals surface area contributed by atoms with Crippen LogP contribution in [-0.2, 0) is 14.3 Å². The van der Waals surface area contributed by atoms with Crippen molar-refractivity contribution in [3.63, 3.8) is 0 Å². The van der Waals surface area contributed by atoms with Gasteiger partial charge in [0.15, 0.2) is 0 Å². The highest BCUT2D eigenvalue weighted by molar-refractivity contribution is 5.95. The smallest absolute Gasteiger partial charge is 0.338 e. The maximum absolute atomic E-state index is 12.4. The van der Waals surface area contributed by atoms with Crippen molar-refractivity contribution in [3.8, 4) is 0 Å². The molecule has 0 bridgehead atoms. The van der Waals surface area contributed by atoms with Gasteiger partial charge in [-0.05, 0) is 44.4 Å². The number of amides is 2. The highest BCUT2D eigenvalue weighted by Crippen LogP contribution is 2.21. The number of hydrogen-bond acceptors (Lipinski definition) is 4. The average molecular weight is 346 g/mol. The van der Waals surface area contributed by atoms with E-state index in [1.165, 1.54) is 0 Å². The van der Waals surface area contributed by atoms with Crippen LogP contribution in [0.15, 0.2) is 24.3 Å². The first-order valence-corrected chi connectivity index (χ1v) is 8.91. The van der Waals surface area contributed by atoms with E-state index >= 15 is 0 Å². The number of benzene rings is 1. The normalized spacial score (nSPS) is 14.9. The van der Waals surface area contributed by atoms with E-state index in [9.17, 15) is 14.4 Å². The van der Waals surface area contributed by atoms with Gasteiger partial charge >= 0.3 is 5.97 Å². The summed E-state index contributed by atoms with van der Waals surface area (Å²) in [6.45, 7) is 5.30. The minimum atomic E-state index is -0.402. The molecule has 1 aromatic carbocycles. The van der Waals surface area contributed by atoms with Gasteiger partial charge in [-0.25, -0.2) is 4.79 Å². The maximum atomic E-state index is 12.4. The number of nitrogens with zero attached hydrogens (tertiary/aromatic N) is 1. The van der Waals surface area contributed by atoms with E-state index in [2.05, 4.69) is 5.32 Å². The van der Waals surface area contributed by atoms with E-state index in [0.717, 1.165) is 6.42 Å². The second-order valence-corrected chi connectivity index (χ2v) is 6.20. The first-order valence-electron chi connectivity index (χ1n) is 8.91. The van der Waals surface area contributed by atoms with E-state index in [0.29, 0.717) is 50.2 Å². The van der Waals surface area contributed by atoms with Gasteiger partial charge in [-0.2, -0.15) is 0 Å². The van der Waals surface area contributed by atoms with Crippen LogP contribution >= 0.6 is 0 Å². The van der Waals surface area contributed by atoms with Crippen LogP contribution in [0, 0.1) is 5.92 Å². The molecule has 6 nitrogen and oxygen atoms in total. The van der Waals surface area contributed by atoms with E-state index < -0.39 is 5.97 Å². The van der Waals surface area contributed by atoms with Crippen LogP contribution in [0.2, 0.25) is 0 Å². The molecule has 1 fully saturated rings. The van der Waals surface area contributed by atoms with Gasteiger partial charge in [0.1, 0.15) is 0 Å². The van der Waals surface area contributed by atoms with Crippen molar-refractivity contribution in [1.29, 1.82) is 0 Å². The molecule has 2 rings (SSSR count). The molecule has 0 saturated carbocycles. The molecule has 1 heterocycles. The molecule has 0 radical (unpaired) electrons. The molecule has 0 atom stereocenters. The lowest BCUT2D eigenvalue weighted by Crippen LogP contribution is -2.41. The Morgan fingerprint density at radius 3 is 2.56 bits per heavy atom. The predicted octanol–water partition coefficient (Wildman–Crippen LogP) is 2.84. The molecular weight excluding hydrogens is 320 g/mol. The predicted molar refractivity (Wildman–Crippen MR) is 95.2 cm³/mol. The van der Waals surface area contributed by atoms with Gasteiger partial charge in [-0.15, -0.1) is 0 Å². The standard InChI is InChI=1S/C19H26N2O4/c1-3-6-17(22)21-11-9-14(10-12-21)18(23)20-16-8-5-7-15(13-16)19(24)25-4-2/h5,7-8,13-14H,3-4,6,9-12H2,1-2H3,(H,20,23). The lowest BCUT2D eigenvalue weighted by Gasteiger charge is -2.31. The van der Waals surface area contributed by atoms with Gasteiger partial charge in [0.05, 0.1) is 12.2 Å². The monoisotopic (exact) mass is 346 g/mol. The Hall–Kier alpha value is -2.37. The molecule has 136 valence electrons. The zero-order valence-electron chi connectivity index (χ0n) is 14.9. The fourth-order valence-corrected chi connectivity index (χ4v) is 2.95. The minimum Gasteiger partial charge on any atom is -0.462 e. The Balaban J connectivity index is 1.89. The van der Waals surface area contributed by atoms with Gasteiger partial charge < -0.3 is 15.0 Å². The van der Waals surface area contributed by atoms with Gasteiger partial charge in [-0.3, -0.25) is 9.59 Å². The average Bonchev–Trinajstić information content (AvgIpc) is 2.62. The highest BCUT2D eigenvalue weighted by atomic mass is 16.5. The second kappa shape index (κ2) is 9.20. The molecule has 1 N–H and O–H groups in total. The molecule has 1 aromatic rings. The van der Waals surface area contributed by atoms with Crippen LogP contribution in [-0.4, -0.2) is 42.4 Å². The number of esters is 1. The van der Waals surface area contributed by atoms with E-state index in [1.54, 1.807) is 31.2 Å². The lowest BCUT2D eigenvalue weighted by atomic mass is 9.95.